The lowest BCUT2D eigenvalue weighted by atomic mass is 10.1. The average molecular weight is 239 g/mol. The van der Waals surface area contributed by atoms with E-state index in [0.29, 0.717) is 12.0 Å². The third kappa shape index (κ3) is 3.35. The van der Waals surface area contributed by atoms with Crippen molar-refractivity contribution in [2.24, 2.45) is 0 Å². The molecule has 1 radical (unpaired) electrons. The van der Waals surface area contributed by atoms with Crippen LogP contribution in [0, 0.1) is 0 Å². The summed E-state index contributed by atoms with van der Waals surface area (Å²) >= 11 is 17.0. The largest absolute Gasteiger partial charge is 0.236 e. The van der Waals surface area contributed by atoms with Crippen LogP contribution in [0.3, 0.4) is 0 Å². The monoisotopic (exact) mass is 237 g/mol. The predicted molar refractivity (Wildman–Crippen MR) is 54.9 cm³/mol. The molecule has 0 N–H and O–H groups in total. The van der Waals surface area contributed by atoms with Gasteiger partial charge in [0.15, 0.2) is 0 Å². The molecule has 0 aliphatic heterocycles. The minimum atomic E-state index is -1.38. The number of hydrogen-bond donors (Lipinski definition) is 0. The van der Waals surface area contributed by atoms with Gasteiger partial charge in [0, 0.05) is 5.56 Å². The van der Waals surface area contributed by atoms with Gasteiger partial charge in [-0.3, -0.25) is 0 Å². The summed E-state index contributed by atoms with van der Waals surface area (Å²) in [4.78, 5) is 0. The van der Waals surface area contributed by atoms with Crippen molar-refractivity contribution in [1.29, 1.82) is 0 Å². The first kappa shape index (κ1) is 11.1. The molecule has 0 spiro atoms. The Labute approximate surface area is 92.2 Å². The smallest absolute Gasteiger partial charge is 0.216 e. The second kappa shape index (κ2) is 4.52. The van der Waals surface area contributed by atoms with Crippen LogP contribution in [-0.4, -0.2) is 6.61 Å². The molecule has 1 rings (SSSR count). The predicted octanol–water partition coefficient (Wildman–Crippen LogP) is 3.49. The maximum Gasteiger partial charge on any atom is 0.216 e. The summed E-state index contributed by atoms with van der Waals surface area (Å²) in [5, 5.41) is 10.3. The average Bonchev–Trinajstić information content (AvgIpc) is 2.04. The highest BCUT2D eigenvalue weighted by Gasteiger charge is 2.21. The van der Waals surface area contributed by atoms with E-state index in [-0.39, 0.29) is 6.61 Å². The molecule has 0 heterocycles. The first-order valence-electron chi connectivity index (χ1n) is 3.78. The van der Waals surface area contributed by atoms with Crippen molar-refractivity contribution < 1.29 is 5.11 Å². The summed E-state index contributed by atoms with van der Waals surface area (Å²) in [5.74, 6) is 0. The molecule has 0 fully saturated rings. The third-order valence-corrected chi connectivity index (χ3v) is 2.33. The molecule has 4 heteroatoms. The van der Waals surface area contributed by atoms with Crippen LogP contribution in [0.15, 0.2) is 24.3 Å². The lowest BCUT2D eigenvalue weighted by Crippen LogP contribution is -2.00. The SMILES string of the molecule is [O]CCc1ccc(C(Cl)(Cl)Cl)cc1. The lowest BCUT2D eigenvalue weighted by Gasteiger charge is -2.11. The quantitative estimate of drug-likeness (QED) is 0.703. The molecule has 1 aromatic carbocycles. The highest BCUT2D eigenvalue weighted by atomic mass is 35.6. The zero-order valence-electron chi connectivity index (χ0n) is 6.77. The molecule has 0 amide bonds. The second-order valence-corrected chi connectivity index (χ2v) is 4.93. The number of rotatable bonds is 2. The molecule has 0 atom stereocenters. The Morgan fingerprint density at radius 3 is 2.00 bits per heavy atom. The van der Waals surface area contributed by atoms with E-state index >= 15 is 0 Å². The fraction of sp³-hybridized carbons (Fsp3) is 0.333. The van der Waals surface area contributed by atoms with Crippen LogP contribution < -0.4 is 0 Å². The topological polar surface area (TPSA) is 19.9 Å². The van der Waals surface area contributed by atoms with E-state index < -0.39 is 3.79 Å². The van der Waals surface area contributed by atoms with Gasteiger partial charge in [-0.1, -0.05) is 59.1 Å². The molecular weight excluding hydrogens is 230 g/mol. The summed E-state index contributed by atoms with van der Waals surface area (Å²) < 4.78 is -1.38. The van der Waals surface area contributed by atoms with Gasteiger partial charge < -0.3 is 0 Å². The van der Waals surface area contributed by atoms with Crippen LogP contribution in [0.1, 0.15) is 11.1 Å². The normalized spacial score (nSPS) is 11.7. The van der Waals surface area contributed by atoms with E-state index in [1.54, 1.807) is 24.3 Å². The van der Waals surface area contributed by atoms with Crippen molar-refractivity contribution in [2.75, 3.05) is 6.61 Å². The summed E-state index contributed by atoms with van der Waals surface area (Å²) in [7, 11) is 0. The number of alkyl halides is 3. The minimum Gasteiger partial charge on any atom is -0.236 e. The maximum atomic E-state index is 10.3. The molecular formula is C9H8Cl3O. The Hall–Kier alpha value is 0.0500. The van der Waals surface area contributed by atoms with Gasteiger partial charge in [0.2, 0.25) is 3.79 Å². The van der Waals surface area contributed by atoms with Crippen LogP contribution in [0.2, 0.25) is 0 Å². The number of hydrogen-bond acceptors (Lipinski definition) is 0. The molecule has 0 aromatic heterocycles. The van der Waals surface area contributed by atoms with Crippen molar-refractivity contribution in [3.05, 3.63) is 35.4 Å². The number of halogens is 3. The number of benzene rings is 1. The zero-order valence-corrected chi connectivity index (χ0v) is 9.03. The standard InChI is InChI=1S/C9H8Cl3O/c10-9(11,12)8-3-1-7(2-4-8)5-6-13/h1-4H,5-6H2. The summed E-state index contributed by atoms with van der Waals surface area (Å²) in [6.45, 7) is -0.118. The molecule has 0 bridgehead atoms. The Bertz CT molecular complexity index is 263. The highest BCUT2D eigenvalue weighted by molar-refractivity contribution is 6.66. The Morgan fingerprint density at radius 1 is 1.08 bits per heavy atom. The Morgan fingerprint density at radius 2 is 1.62 bits per heavy atom. The molecule has 0 unspecified atom stereocenters. The van der Waals surface area contributed by atoms with Crippen molar-refractivity contribution in [2.45, 2.75) is 10.2 Å². The fourth-order valence-electron chi connectivity index (χ4n) is 0.978. The van der Waals surface area contributed by atoms with Crippen LogP contribution >= 0.6 is 34.8 Å². The minimum absolute atomic E-state index is 0.118. The molecule has 0 aliphatic rings. The van der Waals surface area contributed by atoms with Gasteiger partial charge in [-0.15, -0.1) is 0 Å². The Balaban J connectivity index is 2.81. The first-order chi connectivity index (χ1) is 6.04. The van der Waals surface area contributed by atoms with Gasteiger partial charge >= 0.3 is 0 Å². The third-order valence-electron chi connectivity index (χ3n) is 1.67. The summed E-state index contributed by atoms with van der Waals surface area (Å²) in [6.07, 6.45) is 0.514. The molecule has 13 heavy (non-hydrogen) atoms. The van der Waals surface area contributed by atoms with E-state index in [1.165, 1.54) is 0 Å². The van der Waals surface area contributed by atoms with Gasteiger partial charge in [0.1, 0.15) is 0 Å². The Kier molecular flexibility index (Phi) is 3.87. The van der Waals surface area contributed by atoms with Crippen molar-refractivity contribution >= 4 is 34.8 Å². The van der Waals surface area contributed by atoms with Crippen LogP contribution in [0.25, 0.3) is 0 Å². The maximum absolute atomic E-state index is 10.3. The van der Waals surface area contributed by atoms with Gasteiger partial charge in [0.05, 0.1) is 6.61 Å². The molecule has 1 aromatic rings. The van der Waals surface area contributed by atoms with Crippen molar-refractivity contribution in [1.82, 2.24) is 0 Å². The second-order valence-electron chi connectivity index (χ2n) is 2.65. The van der Waals surface area contributed by atoms with Crippen LogP contribution in [0.5, 0.6) is 0 Å². The van der Waals surface area contributed by atoms with Gasteiger partial charge in [-0.2, -0.15) is 0 Å². The lowest BCUT2D eigenvalue weighted by molar-refractivity contribution is 0.197. The van der Waals surface area contributed by atoms with Gasteiger partial charge in [0.25, 0.3) is 0 Å². The van der Waals surface area contributed by atoms with E-state index in [4.69, 9.17) is 34.8 Å². The van der Waals surface area contributed by atoms with Gasteiger partial charge in [-0.25, -0.2) is 5.11 Å². The van der Waals surface area contributed by atoms with Crippen LogP contribution in [-0.2, 0) is 15.3 Å². The van der Waals surface area contributed by atoms with E-state index in [2.05, 4.69) is 0 Å². The first-order valence-corrected chi connectivity index (χ1v) is 4.91. The summed E-state index contributed by atoms with van der Waals surface area (Å²) in [6, 6.07) is 7.04. The van der Waals surface area contributed by atoms with E-state index in [1.807, 2.05) is 0 Å². The summed E-state index contributed by atoms with van der Waals surface area (Å²) in [5.41, 5.74) is 1.58. The van der Waals surface area contributed by atoms with E-state index in [0.717, 1.165) is 5.56 Å². The van der Waals surface area contributed by atoms with E-state index in [9.17, 15) is 5.11 Å². The molecule has 0 saturated carbocycles. The fourth-order valence-corrected chi connectivity index (χ4v) is 1.36. The molecule has 0 saturated heterocycles. The molecule has 71 valence electrons. The van der Waals surface area contributed by atoms with Gasteiger partial charge in [-0.05, 0) is 12.0 Å². The zero-order chi connectivity index (χ0) is 9.90. The molecule has 1 nitrogen and oxygen atoms in total. The highest BCUT2D eigenvalue weighted by Crippen LogP contribution is 2.37. The van der Waals surface area contributed by atoms with Crippen molar-refractivity contribution in [3.8, 4) is 0 Å². The van der Waals surface area contributed by atoms with Crippen molar-refractivity contribution in [3.63, 3.8) is 0 Å². The molecule has 0 aliphatic carbocycles. The van der Waals surface area contributed by atoms with Crippen LogP contribution in [0.4, 0.5) is 0 Å².